The van der Waals surface area contributed by atoms with Crippen molar-refractivity contribution in [1.29, 1.82) is 0 Å². The van der Waals surface area contributed by atoms with Gasteiger partial charge in [0.2, 0.25) is 5.91 Å². The van der Waals surface area contributed by atoms with E-state index in [4.69, 9.17) is 0 Å². The van der Waals surface area contributed by atoms with E-state index in [1.807, 2.05) is 0 Å². The Morgan fingerprint density at radius 1 is 1.16 bits per heavy atom. The number of carbonyl (C=O) groups is 2. The van der Waals surface area contributed by atoms with Gasteiger partial charge in [-0.2, -0.15) is 0 Å². The molecule has 170 valence electrons. The van der Waals surface area contributed by atoms with Gasteiger partial charge in [-0.1, -0.05) is 13.0 Å². The highest BCUT2D eigenvalue weighted by Crippen LogP contribution is 2.47. The number of carboxylic acids is 1. The Labute approximate surface area is 189 Å². The summed E-state index contributed by atoms with van der Waals surface area (Å²) in [6, 6.07) is 2.25. The summed E-state index contributed by atoms with van der Waals surface area (Å²) in [5.41, 5.74) is 1.32. The second kappa shape index (κ2) is 9.45. The number of allylic oxidation sites excluding steroid dienone is 2. The first-order chi connectivity index (χ1) is 14.9. The van der Waals surface area contributed by atoms with E-state index in [2.05, 4.69) is 36.3 Å². The second-order valence-corrected chi connectivity index (χ2v) is 11.0. The van der Waals surface area contributed by atoms with E-state index < -0.39 is 11.4 Å². The number of aromatic carboxylic acids is 1. The van der Waals surface area contributed by atoms with E-state index >= 15 is 0 Å². The average molecular weight is 445 g/mol. The minimum Gasteiger partial charge on any atom is -0.477 e. The zero-order valence-electron chi connectivity index (χ0n) is 18.9. The van der Waals surface area contributed by atoms with Crippen molar-refractivity contribution in [3.8, 4) is 0 Å². The third-order valence-corrected chi connectivity index (χ3v) is 8.86. The molecule has 0 aromatic carbocycles. The van der Waals surface area contributed by atoms with Crippen LogP contribution in [-0.2, 0) is 10.2 Å². The second-order valence-electron chi connectivity index (χ2n) is 9.95. The van der Waals surface area contributed by atoms with Crippen molar-refractivity contribution in [3.63, 3.8) is 0 Å². The van der Waals surface area contributed by atoms with E-state index in [0.717, 1.165) is 81.3 Å². The van der Waals surface area contributed by atoms with E-state index in [0.29, 0.717) is 10.8 Å². The number of thiophene rings is 1. The summed E-state index contributed by atoms with van der Waals surface area (Å²) in [6.45, 7) is 4.22. The van der Waals surface area contributed by atoms with Gasteiger partial charge in [-0.25, -0.2) is 4.79 Å². The molecule has 0 spiro atoms. The van der Waals surface area contributed by atoms with Crippen LogP contribution in [0.15, 0.2) is 12.1 Å². The zero-order valence-corrected chi connectivity index (χ0v) is 19.7. The molecular weight excluding hydrogens is 408 g/mol. The molecule has 2 fully saturated rings. The first-order valence-electron chi connectivity index (χ1n) is 12.0. The highest BCUT2D eigenvalue weighted by atomic mass is 32.1. The van der Waals surface area contributed by atoms with Crippen molar-refractivity contribution in [2.75, 3.05) is 20.1 Å². The fourth-order valence-electron chi connectivity index (χ4n) is 5.48. The molecule has 31 heavy (non-hydrogen) atoms. The van der Waals surface area contributed by atoms with Crippen LogP contribution in [0.25, 0.3) is 5.57 Å². The molecule has 2 heterocycles. The molecule has 1 aliphatic heterocycles. The van der Waals surface area contributed by atoms with Crippen molar-refractivity contribution in [1.82, 2.24) is 10.2 Å². The molecule has 0 unspecified atom stereocenters. The number of rotatable bonds is 5. The topological polar surface area (TPSA) is 69.6 Å². The van der Waals surface area contributed by atoms with E-state index in [1.165, 1.54) is 23.3 Å². The standard InChI is InChI=1S/C25H36N2O3S/c1-17-8-12-25(13-9-17,24(30)26-19-10-14-27(2)15-11-19)20-16-21(31-22(20)23(28)29)18-6-4-3-5-7-18/h6,16-17,19H,3-5,7-15H2,1-2H3,(H,26,30)(H,28,29). The number of nitrogens with one attached hydrogen (secondary N) is 1. The molecule has 6 heteroatoms. The molecule has 3 aliphatic rings. The van der Waals surface area contributed by atoms with Crippen LogP contribution < -0.4 is 5.32 Å². The monoisotopic (exact) mass is 444 g/mol. The summed E-state index contributed by atoms with van der Waals surface area (Å²) in [7, 11) is 2.12. The van der Waals surface area contributed by atoms with E-state index in [1.54, 1.807) is 0 Å². The molecule has 1 saturated carbocycles. The lowest BCUT2D eigenvalue weighted by Crippen LogP contribution is -2.52. The fraction of sp³-hybridized carbons (Fsp3) is 0.680. The van der Waals surface area contributed by atoms with Gasteiger partial charge in [0.05, 0.1) is 5.41 Å². The van der Waals surface area contributed by atoms with E-state index in [-0.39, 0.29) is 11.9 Å². The van der Waals surface area contributed by atoms with Crippen LogP contribution in [0.3, 0.4) is 0 Å². The van der Waals surface area contributed by atoms with Crippen molar-refractivity contribution in [2.45, 2.75) is 82.6 Å². The number of likely N-dealkylation sites (tertiary alicyclic amines) is 1. The maximum absolute atomic E-state index is 13.8. The normalized spacial score (nSPS) is 28.2. The Morgan fingerprint density at radius 3 is 2.48 bits per heavy atom. The van der Waals surface area contributed by atoms with Crippen molar-refractivity contribution >= 4 is 28.8 Å². The molecule has 0 radical (unpaired) electrons. The summed E-state index contributed by atoms with van der Waals surface area (Å²) >= 11 is 1.38. The van der Waals surface area contributed by atoms with Crippen LogP contribution in [0, 0.1) is 5.92 Å². The summed E-state index contributed by atoms with van der Waals surface area (Å²) < 4.78 is 0. The maximum Gasteiger partial charge on any atom is 0.346 e. The molecule has 0 bridgehead atoms. The average Bonchev–Trinajstić information content (AvgIpc) is 3.23. The van der Waals surface area contributed by atoms with Gasteiger partial charge >= 0.3 is 5.97 Å². The number of carbonyl (C=O) groups excluding carboxylic acids is 1. The lowest BCUT2D eigenvalue weighted by atomic mass is 9.66. The molecule has 1 aromatic rings. The molecule has 1 aromatic heterocycles. The van der Waals surface area contributed by atoms with Gasteiger partial charge in [0.25, 0.3) is 0 Å². The molecule has 1 amide bonds. The van der Waals surface area contributed by atoms with E-state index in [9.17, 15) is 14.7 Å². The maximum atomic E-state index is 13.8. The van der Waals surface area contributed by atoms with Crippen LogP contribution in [-0.4, -0.2) is 48.1 Å². The highest BCUT2D eigenvalue weighted by Gasteiger charge is 2.46. The van der Waals surface area contributed by atoms with Crippen LogP contribution in [0.4, 0.5) is 0 Å². The van der Waals surface area contributed by atoms with Gasteiger partial charge in [-0.05, 0) is 107 Å². The van der Waals surface area contributed by atoms with Gasteiger partial charge < -0.3 is 15.3 Å². The smallest absolute Gasteiger partial charge is 0.346 e. The highest BCUT2D eigenvalue weighted by molar-refractivity contribution is 7.15. The number of amides is 1. The number of nitrogens with zero attached hydrogens (tertiary/aromatic N) is 1. The van der Waals surface area contributed by atoms with Crippen LogP contribution in [0.5, 0.6) is 0 Å². The summed E-state index contributed by atoms with van der Waals surface area (Å²) in [5.74, 6) is -0.261. The lowest BCUT2D eigenvalue weighted by Gasteiger charge is -2.40. The molecular formula is C25H36N2O3S. The third kappa shape index (κ3) is 4.75. The van der Waals surface area contributed by atoms with Gasteiger partial charge in [0.1, 0.15) is 4.88 Å². The molecule has 2 aliphatic carbocycles. The molecule has 2 N–H and O–H groups in total. The fourth-order valence-corrected chi connectivity index (χ4v) is 6.64. The van der Waals surface area contributed by atoms with Gasteiger partial charge in [-0.3, -0.25) is 4.79 Å². The number of hydrogen-bond donors (Lipinski definition) is 2. The SMILES string of the molecule is CC1CCC(C(=O)NC2CCN(C)CC2)(c2cc(C3=CCCCC3)sc2C(=O)O)CC1. The summed E-state index contributed by atoms with van der Waals surface area (Å²) in [4.78, 5) is 29.8. The Morgan fingerprint density at radius 2 is 1.87 bits per heavy atom. The van der Waals surface area contributed by atoms with Crippen molar-refractivity contribution in [3.05, 3.63) is 27.5 Å². The Balaban J connectivity index is 1.68. The summed E-state index contributed by atoms with van der Waals surface area (Å²) in [5, 5.41) is 13.4. The van der Waals surface area contributed by atoms with Crippen molar-refractivity contribution < 1.29 is 14.7 Å². The minimum atomic E-state index is -0.896. The number of hydrogen-bond acceptors (Lipinski definition) is 4. The first kappa shape index (κ1) is 22.5. The summed E-state index contributed by atoms with van der Waals surface area (Å²) in [6.07, 6.45) is 12.0. The predicted octanol–water partition coefficient (Wildman–Crippen LogP) is 5.06. The Bertz CT molecular complexity index is 843. The molecule has 4 rings (SSSR count). The largest absolute Gasteiger partial charge is 0.477 e. The molecule has 1 saturated heterocycles. The Kier molecular flexibility index (Phi) is 6.87. The van der Waals surface area contributed by atoms with Crippen LogP contribution in [0.2, 0.25) is 0 Å². The minimum absolute atomic E-state index is 0.0541. The van der Waals surface area contributed by atoms with Gasteiger partial charge in [0.15, 0.2) is 0 Å². The third-order valence-electron chi connectivity index (χ3n) is 7.67. The lowest BCUT2D eigenvalue weighted by molar-refractivity contribution is -0.129. The molecule has 5 nitrogen and oxygen atoms in total. The number of piperidine rings is 1. The van der Waals surface area contributed by atoms with Gasteiger partial charge in [-0.15, -0.1) is 11.3 Å². The zero-order chi connectivity index (χ0) is 22.0. The van der Waals surface area contributed by atoms with Crippen LogP contribution in [0.1, 0.15) is 91.2 Å². The predicted molar refractivity (Wildman–Crippen MR) is 126 cm³/mol. The molecule has 0 atom stereocenters. The Hall–Kier alpha value is -1.66. The first-order valence-corrected chi connectivity index (χ1v) is 12.8. The quantitative estimate of drug-likeness (QED) is 0.666. The number of carboxylic acid groups (broad SMARTS) is 1. The van der Waals surface area contributed by atoms with Crippen LogP contribution >= 0.6 is 11.3 Å². The van der Waals surface area contributed by atoms with Crippen molar-refractivity contribution in [2.24, 2.45) is 5.92 Å². The van der Waals surface area contributed by atoms with Gasteiger partial charge in [0, 0.05) is 10.9 Å².